The molecule has 0 saturated carbocycles. The minimum Gasteiger partial charge on any atom is -0.478 e. The molecular weight excluding hydrogens is 235 g/mol. The summed E-state index contributed by atoms with van der Waals surface area (Å²) in [5, 5.41) is 9.35. The van der Waals surface area contributed by atoms with E-state index in [9.17, 15) is 4.79 Å². The average molecular weight is 245 g/mol. The van der Waals surface area contributed by atoms with Crippen LogP contribution in [0.4, 0.5) is 0 Å². The van der Waals surface area contributed by atoms with Crippen LogP contribution in [0, 0.1) is 0 Å². The van der Waals surface area contributed by atoms with Gasteiger partial charge in [-0.25, -0.2) is 4.79 Å². The molecule has 0 unspecified atom stereocenters. The predicted octanol–water partition coefficient (Wildman–Crippen LogP) is 3.68. The molecule has 1 aromatic rings. The largest absolute Gasteiger partial charge is 0.478 e. The van der Waals surface area contributed by atoms with E-state index in [2.05, 4.69) is 0 Å². The quantitative estimate of drug-likeness (QED) is 0.821. The van der Waals surface area contributed by atoms with Crippen molar-refractivity contribution in [3.05, 3.63) is 40.4 Å². The molecule has 1 rings (SSSR count). The highest BCUT2D eigenvalue weighted by molar-refractivity contribution is 6.31. The molecule has 15 heavy (non-hydrogen) atoms. The molecule has 0 atom stereocenters. The van der Waals surface area contributed by atoms with Gasteiger partial charge in [-0.15, -0.1) is 11.6 Å². The van der Waals surface area contributed by atoms with Crippen LogP contribution in [0.2, 0.25) is 5.02 Å². The van der Waals surface area contributed by atoms with Crippen molar-refractivity contribution in [3.63, 3.8) is 0 Å². The Hall–Kier alpha value is -0.990. The van der Waals surface area contributed by atoms with Crippen molar-refractivity contribution in [2.75, 3.05) is 5.88 Å². The summed E-state index contributed by atoms with van der Waals surface area (Å²) in [5.41, 5.74) is 0.838. The van der Waals surface area contributed by atoms with Crippen molar-refractivity contribution in [1.29, 1.82) is 0 Å². The number of allylic oxidation sites excluding steroid dienone is 1. The Morgan fingerprint density at radius 2 is 2.20 bits per heavy atom. The fourth-order valence-corrected chi connectivity index (χ4v) is 1.43. The number of hydrogen-bond acceptors (Lipinski definition) is 1. The highest BCUT2D eigenvalue weighted by Gasteiger charge is 2.07. The molecular formula is C11H10Cl2O2. The number of carboxylic acids is 1. The van der Waals surface area contributed by atoms with E-state index in [0.29, 0.717) is 22.9 Å². The molecule has 80 valence electrons. The van der Waals surface area contributed by atoms with Gasteiger partial charge in [-0.3, -0.25) is 0 Å². The van der Waals surface area contributed by atoms with Crippen LogP contribution in [0.5, 0.6) is 0 Å². The van der Waals surface area contributed by atoms with Gasteiger partial charge in [-0.1, -0.05) is 29.8 Å². The van der Waals surface area contributed by atoms with E-state index in [1.807, 2.05) is 6.08 Å². The predicted molar refractivity (Wildman–Crippen MR) is 62.8 cm³/mol. The van der Waals surface area contributed by atoms with E-state index in [0.717, 1.165) is 0 Å². The van der Waals surface area contributed by atoms with Gasteiger partial charge in [0.1, 0.15) is 0 Å². The number of alkyl halides is 1. The minimum absolute atomic E-state index is 0.202. The summed E-state index contributed by atoms with van der Waals surface area (Å²) < 4.78 is 0. The van der Waals surface area contributed by atoms with Gasteiger partial charge in [-0.05, 0) is 24.1 Å². The zero-order valence-electron chi connectivity index (χ0n) is 7.91. The van der Waals surface area contributed by atoms with Gasteiger partial charge in [0, 0.05) is 10.9 Å². The van der Waals surface area contributed by atoms with Gasteiger partial charge in [0.25, 0.3) is 0 Å². The smallest absolute Gasteiger partial charge is 0.336 e. The summed E-state index contributed by atoms with van der Waals surface area (Å²) >= 11 is 11.2. The van der Waals surface area contributed by atoms with Crippen LogP contribution >= 0.6 is 23.2 Å². The molecule has 0 heterocycles. The fourth-order valence-electron chi connectivity index (χ4n) is 1.13. The number of halogens is 2. The van der Waals surface area contributed by atoms with E-state index in [1.54, 1.807) is 18.2 Å². The topological polar surface area (TPSA) is 37.3 Å². The molecule has 0 aliphatic carbocycles. The lowest BCUT2D eigenvalue weighted by Gasteiger charge is -2.01. The lowest BCUT2D eigenvalue weighted by molar-refractivity contribution is 0.0696. The molecule has 0 radical (unpaired) electrons. The van der Waals surface area contributed by atoms with E-state index in [1.165, 1.54) is 6.07 Å². The van der Waals surface area contributed by atoms with Crippen molar-refractivity contribution in [3.8, 4) is 0 Å². The Kier molecular flexibility index (Phi) is 4.66. The van der Waals surface area contributed by atoms with E-state index < -0.39 is 5.97 Å². The molecule has 0 bridgehead atoms. The van der Waals surface area contributed by atoms with Crippen LogP contribution in [-0.4, -0.2) is 17.0 Å². The highest BCUT2D eigenvalue weighted by Crippen LogP contribution is 2.17. The van der Waals surface area contributed by atoms with Crippen LogP contribution in [-0.2, 0) is 0 Å². The molecule has 2 nitrogen and oxygen atoms in total. The maximum atomic E-state index is 10.9. The lowest BCUT2D eigenvalue weighted by Crippen LogP contribution is -1.99. The molecule has 0 saturated heterocycles. The summed E-state index contributed by atoms with van der Waals surface area (Å²) in [6, 6.07) is 4.77. The molecule has 4 heteroatoms. The van der Waals surface area contributed by atoms with Crippen molar-refractivity contribution < 1.29 is 9.90 Å². The number of carbonyl (C=O) groups is 1. The van der Waals surface area contributed by atoms with Crippen LogP contribution in [0.3, 0.4) is 0 Å². The second-order valence-electron chi connectivity index (χ2n) is 2.92. The van der Waals surface area contributed by atoms with Gasteiger partial charge in [-0.2, -0.15) is 0 Å². The second-order valence-corrected chi connectivity index (χ2v) is 3.73. The normalized spacial score (nSPS) is 10.8. The SMILES string of the molecule is O=C(O)c1cc(Cl)ccc1C=CCCCl. The van der Waals surface area contributed by atoms with Gasteiger partial charge in [0.05, 0.1) is 5.56 Å². The molecule has 0 spiro atoms. The van der Waals surface area contributed by atoms with Crippen LogP contribution < -0.4 is 0 Å². The number of carboxylic acid groups (broad SMARTS) is 1. The first kappa shape index (κ1) is 12.1. The van der Waals surface area contributed by atoms with Crippen molar-refractivity contribution in [2.24, 2.45) is 0 Å². The van der Waals surface area contributed by atoms with Crippen LogP contribution in [0.1, 0.15) is 22.3 Å². The summed E-state index contributed by atoms with van der Waals surface area (Å²) in [4.78, 5) is 10.9. The zero-order chi connectivity index (χ0) is 11.3. The summed E-state index contributed by atoms with van der Waals surface area (Å²) in [5.74, 6) is -0.463. The Balaban J connectivity index is 3.01. The van der Waals surface area contributed by atoms with Crippen molar-refractivity contribution in [1.82, 2.24) is 0 Å². The molecule has 0 fully saturated rings. The standard InChI is InChI=1S/C11H10Cl2O2/c12-6-2-1-3-8-4-5-9(13)7-10(8)11(14)15/h1,3-5,7H,2,6H2,(H,14,15). The van der Waals surface area contributed by atoms with Gasteiger partial charge >= 0.3 is 5.97 Å². The van der Waals surface area contributed by atoms with Crippen molar-refractivity contribution >= 4 is 35.2 Å². The minimum atomic E-state index is -0.983. The first-order chi connectivity index (χ1) is 7.15. The lowest BCUT2D eigenvalue weighted by atomic mass is 10.1. The maximum absolute atomic E-state index is 10.9. The van der Waals surface area contributed by atoms with Crippen LogP contribution in [0.25, 0.3) is 6.08 Å². The Bertz CT molecular complexity index is 386. The fraction of sp³-hybridized carbons (Fsp3) is 0.182. The Morgan fingerprint density at radius 1 is 1.47 bits per heavy atom. The summed E-state index contributed by atoms with van der Waals surface area (Å²) in [6.07, 6.45) is 4.29. The van der Waals surface area contributed by atoms with E-state index in [-0.39, 0.29) is 5.56 Å². The molecule has 0 aliphatic heterocycles. The molecule has 1 N–H and O–H groups in total. The maximum Gasteiger partial charge on any atom is 0.336 e. The molecule has 0 aromatic heterocycles. The summed E-state index contributed by atoms with van der Waals surface area (Å²) in [6.45, 7) is 0. The second kappa shape index (κ2) is 5.79. The number of aromatic carboxylic acids is 1. The Morgan fingerprint density at radius 3 is 2.80 bits per heavy atom. The third kappa shape index (κ3) is 3.57. The van der Waals surface area contributed by atoms with Gasteiger partial charge < -0.3 is 5.11 Å². The van der Waals surface area contributed by atoms with Gasteiger partial charge in [0.2, 0.25) is 0 Å². The Labute approximate surface area is 98.1 Å². The van der Waals surface area contributed by atoms with E-state index >= 15 is 0 Å². The molecule has 0 amide bonds. The summed E-state index contributed by atoms with van der Waals surface area (Å²) in [7, 11) is 0. The van der Waals surface area contributed by atoms with Crippen LogP contribution in [0.15, 0.2) is 24.3 Å². The number of rotatable bonds is 4. The molecule has 1 aromatic carbocycles. The number of benzene rings is 1. The van der Waals surface area contributed by atoms with Gasteiger partial charge in [0.15, 0.2) is 0 Å². The third-order valence-corrected chi connectivity index (χ3v) is 2.27. The molecule has 0 aliphatic rings. The average Bonchev–Trinajstić information content (AvgIpc) is 2.20. The van der Waals surface area contributed by atoms with E-state index in [4.69, 9.17) is 28.3 Å². The first-order valence-electron chi connectivity index (χ1n) is 4.40. The zero-order valence-corrected chi connectivity index (χ0v) is 9.42. The highest BCUT2D eigenvalue weighted by atomic mass is 35.5. The number of hydrogen-bond donors (Lipinski definition) is 1. The first-order valence-corrected chi connectivity index (χ1v) is 5.31. The third-order valence-electron chi connectivity index (χ3n) is 1.82. The van der Waals surface area contributed by atoms with Crippen molar-refractivity contribution in [2.45, 2.75) is 6.42 Å². The monoisotopic (exact) mass is 244 g/mol.